The summed E-state index contributed by atoms with van der Waals surface area (Å²) in [5.74, 6) is 1.18. The van der Waals surface area contributed by atoms with Gasteiger partial charge in [0, 0.05) is 23.4 Å². The molecule has 1 saturated carbocycles. The van der Waals surface area contributed by atoms with Gasteiger partial charge >= 0.3 is 0 Å². The van der Waals surface area contributed by atoms with Crippen LogP contribution in [0.3, 0.4) is 0 Å². The van der Waals surface area contributed by atoms with Crippen molar-refractivity contribution < 1.29 is 4.79 Å². The quantitative estimate of drug-likeness (QED) is 0.942. The number of nitrogens with zero attached hydrogens (tertiary/aromatic N) is 2. The van der Waals surface area contributed by atoms with Crippen molar-refractivity contribution in [2.45, 2.75) is 57.4 Å². The molecule has 2 aliphatic rings. The normalized spacial score (nSPS) is 23.5. The van der Waals surface area contributed by atoms with Crippen molar-refractivity contribution in [1.29, 1.82) is 0 Å². The summed E-state index contributed by atoms with van der Waals surface area (Å²) in [5, 5.41) is 3.00. The number of benzene rings is 1. The van der Waals surface area contributed by atoms with Gasteiger partial charge in [-0.05, 0) is 50.8 Å². The topological polar surface area (TPSA) is 54.9 Å². The lowest BCUT2D eigenvalue weighted by molar-refractivity contribution is 0.0939. The molecule has 4 nitrogen and oxygen atoms in total. The third kappa shape index (κ3) is 2.09. The number of nitrogens with one attached hydrogen (secondary N) is 1. The van der Waals surface area contributed by atoms with Crippen molar-refractivity contribution >= 4 is 16.9 Å². The number of hydrogen-bond donors (Lipinski definition) is 1. The maximum Gasteiger partial charge on any atom is 0.251 e. The van der Waals surface area contributed by atoms with E-state index in [1.165, 1.54) is 30.7 Å². The molecule has 0 aliphatic heterocycles. The van der Waals surface area contributed by atoms with E-state index in [0.29, 0.717) is 17.4 Å². The van der Waals surface area contributed by atoms with Crippen LogP contribution in [-0.4, -0.2) is 21.9 Å². The third-order valence-corrected chi connectivity index (χ3v) is 5.18. The summed E-state index contributed by atoms with van der Waals surface area (Å²) in [7, 11) is 0. The van der Waals surface area contributed by atoms with E-state index in [4.69, 9.17) is 9.97 Å². The minimum atomic E-state index is -0.0277. The Bertz CT molecular complexity index is 755. The largest absolute Gasteiger partial charge is 0.350 e. The van der Waals surface area contributed by atoms with Crippen LogP contribution in [0.5, 0.6) is 0 Å². The standard InChI is InChI=1S/C18H21N3O/c1-3-10(2)19-18(22)13-6-7-14-15(9-13)21-17-12-5-4-11(8-12)16(17)20-14/h6-7,9-12H,3-5,8H2,1-2H3,(H,19,22). The molecule has 2 bridgehead atoms. The van der Waals surface area contributed by atoms with Gasteiger partial charge in [-0.2, -0.15) is 0 Å². The molecule has 2 aromatic rings. The van der Waals surface area contributed by atoms with E-state index in [-0.39, 0.29) is 11.9 Å². The van der Waals surface area contributed by atoms with Crippen LogP contribution in [0.2, 0.25) is 0 Å². The number of hydrogen-bond acceptors (Lipinski definition) is 3. The molecule has 22 heavy (non-hydrogen) atoms. The number of aromatic nitrogens is 2. The maximum atomic E-state index is 12.3. The van der Waals surface area contributed by atoms with Crippen LogP contribution in [0.1, 0.15) is 73.1 Å². The molecular formula is C18H21N3O. The van der Waals surface area contributed by atoms with Crippen LogP contribution in [0, 0.1) is 0 Å². The summed E-state index contributed by atoms with van der Waals surface area (Å²) in [5.41, 5.74) is 4.82. The van der Waals surface area contributed by atoms with Gasteiger partial charge in [0.25, 0.3) is 5.91 Å². The van der Waals surface area contributed by atoms with Crippen molar-refractivity contribution in [1.82, 2.24) is 15.3 Å². The molecule has 0 saturated heterocycles. The molecular weight excluding hydrogens is 274 g/mol. The average Bonchev–Trinajstić information content (AvgIpc) is 3.14. The van der Waals surface area contributed by atoms with Crippen LogP contribution in [0.15, 0.2) is 18.2 Å². The van der Waals surface area contributed by atoms with E-state index in [2.05, 4.69) is 12.2 Å². The monoisotopic (exact) mass is 295 g/mol. The number of fused-ring (bicyclic) bond motifs is 6. The average molecular weight is 295 g/mol. The van der Waals surface area contributed by atoms with E-state index >= 15 is 0 Å². The van der Waals surface area contributed by atoms with Crippen molar-refractivity contribution in [3.8, 4) is 0 Å². The molecule has 4 rings (SSSR count). The van der Waals surface area contributed by atoms with Crippen molar-refractivity contribution in [3.05, 3.63) is 35.2 Å². The lowest BCUT2D eigenvalue weighted by Gasteiger charge is -2.15. The fourth-order valence-electron chi connectivity index (χ4n) is 3.71. The molecule has 3 atom stereocenters. The highest BCUT2D eigenvalue weighted by atomic mass is 16.1. The molecule has 2 aliphatic carbocycles. The van der Waals surface area contributed by atoms with Gasteiger partial charge in [0.1, 0.15) is 0 Å². The van der Waals surface area contributed by atoms with Gasteiger partial charge in [-0.25, -0.2) is 9.97 Å². The smallest absolute Gasteiger partial charge is 0.251 e. The van der Waals surface area contributed by atoms with E-state index in [0.717, 1.165) is 17.5 Å². The third-order valence-electron chi connectivity index (χ3n) is 5.18. The van der Waals surface area contributed by atoms with E-state index in [9.17, 15) is 4.79 Å². The fraction of sp³-hybridized carbons (Fsp3) is 0.500. The Morgan fingerprint density at radius 1 is 1.23 bits per heavy atom. The van der Waals surface area contributed by atoms with Gasteiger partial charge < -0.3 is 5.32 Å². The molecule has 1 aromatic carbocycles. The van der Waals surface area contributed by atoms with Gasteiger partial charge in [-0.3, -0.25) is 4.79 Å². The molecule has 1 N–H and O–H groups in total. The first-order valence-electron chi connectivity index (χ1n) is 8.28. The highest BCUT2D eigenvalue weighted by molar-refractivity contribution is 5.97. The SMILES string of the molecule is CCC(C)NC(=O)c1ccc2nc3c(nc2c1)C1CCC3C1. The zero-order valence-electron chi connectivity index (χ0n) is 13.1. The lowest BCUT2D eigenvalue weighted by Crippen LogP contribution is -2.31. The molecule has 114 valence electrons. The van der Waals surface area contributed by atoms with Gasteiger partial charge in [-0.15, -0.1) is 0 Å². The molecule has 1 amide bonds. The number of rotatable bonds is 3. The maximum absolute atomic E-state index is 12.3. The van der Waals surface area contributed by atoms with Gasteiger partial charge in [-0.1, -0.05) is 6.92 Å². The molecule has 3 unspecified atom stereocenters. The number of carbonyl (C=O) groups excluding carboxylic acids is 1. The zero-order chi connectivity index (χ0) is 15.3. The second kappa shape index (κ2) is 5.04. The first-order chi connectivity index (χ1) is 10.7. The van der Waals surface area contributed by atoms with Crippen LogP contribution >= 0.6 is 0 Å². The predicted molar refractivity (Wildman–Crippen MR) is 86.1 cm³/mol. The second-order valence-electron chi connectivity index (χ2n) is 6.69. The summed E-state index contributed by atoms with van der Waals surface area (Å²) in [6.45, 7) is 4.08. The van der Waals surface area contributed by atoms with Crippen LogP contribution in [0.4, 0.5) is 0 Å². The summed E-state index contributed by atoms with van der Waals surface area (Å²) >= 11 is 0. The summed E-state index contributed by atoms with van der Waals surface area (Å²) in [6, 6.07) is 5.85. The first-order valence-corrected chi connectivity index (χ1v) is 8.28. The zero-order valence-corrected chi connectivity index (χ0v) is 13.1. The Morgan fingerprint density at radius 2 is 1.91 bits per heavy atom. The Morgan fingerprint density at radius 3 is 2.59 bits per heavy atom. The van der Waals surface area contributed by atoms with E-state index in [1.807, 2.05) is 25.1 Å². The fourth-order valence-corrected chi connectivity index (χ4v) is 3.71. The molecule has 0 spiro atoms. The molecule has 1 fully saturated rings. The number of amides is 1. The molecule has 1 aromatic heterocycles. The molecule has 0 radical (unpaired) electrons. The van der Waals surface area contributed by atoms with Gasteiger partial charge in [0.2, 0.25) is 0 Å². The van der Waals surface area contributed by atoms with Crippen molar-refractivity contribution in [2.24, 2.45) is 0 Å². The Balaban J connectivity index is 1.71. The number of carbonyl (C=O) groups is 1. The minimum Gasteiger partial charge on any atom is -0.350 e. The summed E-state index contributed by atoms with van der Waals surface area (Å²) in [4.78, 5) is 21.9. The van der Waals surface area contributed by atoms with Crippen molar-refractivity contribution in [3.63, 3.8) is 0 Å². The molecule has 1 heterocycles. The minimum absolute atomic E-state index is 0.0277. The second-order valence-corrected chi connectivity index (χ2v) is 6.69. The van der Waals surface area contributed by atoms with Gasteiger partial charge in [0.15, 0.2) is 0 Å². The molecule has 4 heteroatoms. The van der Waals surface area contributed by atoms with Crippen LogP contribution < -0.4 is 5.32 Å². The highest BCUT2D eigenvalue weighted by Gasteiger charge is 2.39. The predicted octanol–water partition coefficient (Wildman–Crippen LogP) is 3.52. The Hall–Kier alpha value is -1.97. The Labute approximate surface area is 130 Å². The van der Waals surface area contributed by atoms with Gasteiger partial charge in [0.05, 0.1) is 22.4 Å². The summed E-state index contributed by atoms with van der Waals surface area (Å²) in [6.07, 6.45) is 4.64. The Kier molecular flexibility index (Phi) is 3.13. The first kappa shape index (κ1) is 13.7. The van der Waals surface area contributed by atoms with E-state index in [1.54, 1.807) is 0 Å². The lowest BCUT2D eigenvalue weighted by atomic mass is 10.00. The van der Waals surface area contributed by atoms with Crippen LogP contribution in [-0.2, 0) is 0 Å². The van der Waals surface area contributed by atoms with E-state index < -0.39 is 0 Å². The van der Waals surface area contributed by atoms with Crippen LogP contribution in [0.25, 0.3) is 11.0 Å². The highest BCUT2D eigenvalue weighted by Crippen LogP contribution is 2.51. The van der Waals surface area contributed by atoms with Crippen molar-refractivity contribution in [2.75, 3.05) is 0 Å². The summed E-state index contributed by atoms with van der Waals surface area (Å²) < 4.78 is 0.